The number of carbonyl (C=O) groups is 1. The molecule has 0 aliphatic carbocycles. The summed E-state index contributed by atoms with van der Waals surface area (Å²) in [5, 5.41) is 0. The van der Waals surface area contributed by atoms with Gasteiger partial charge in [0.05, 0.1) is 0 Å². The molecule has 0 saturated heterocycles. The van der Waals surface area contributed by atoms with E-state index in [2.05, 4.69) is 24.3 Å². The zero-order chi connectivity index (χ0) is 14.4. The molecule has 0 fully saturated rings. The lowest BCUT2D eigenvalue weighted by molar-refractivity contribution is -0.148. The van der Waals surface area contributed by atoms with Crippen LogP contribution in [0.15, 0.2) is 60.7 Å². The highest BCUT2D eigenvalue weighted by Crippen LogP contribution is 2.29. The molecule has 20 heavy (non-hydrogen) atoms. The first-order chi connectivity index (χ1) is 9.72. The molecule has 0 aliphatic rings. The molecule has 2 nitrogen and oxygen atoms in total. The largest absolute Gasteiger partial charge is 0.462 e. The molecule has 0 bridgehead atoms. The van der Waals surface area contributed by atoms with Crippen molar-refractivity contribution in [2.75, 3.05) is 0 Å². The number of hydrogen-bond acceptors (Lipinski definition) is 2. The Bertz CT molecular complexity index is 494. The maximum Gasteiger partial charge on any atom is 0.305 e. The van der Waals surface area contributed by atoms with Gasteiger partial charge in [-0.3, -0.25) is 4.79 Å². The summed E-state index contributed by atoms with van der Waals surface area (Å²) >= 11 is 0. The Morgan fingerprint density at radius 3 is 1.80 bits per heavy atom. The van der Waals surface area contributed by atoms with Gasteiger partial charge < -0.3 is 4.74 Å². The first-order valence-electron chi connectivity index (χ1n) is 7.01. The van der Waals surface area contributed by atoms with Crippen molar-refractivity contribution in [3.8, 4) is 0 Å². The number of rotatable bonds is 5. The van der Waals surface area contributed by atoms with Gasteiger partial charge in [-0.15, -0.1) is 0 Å². The van der Waals surface area contributed by atoms with Gasteiger partial charge in [-0.2, -0.15) is 0 Å². The molecular formula is C18H20O2. The Morgan fingerprint density at radius 2 is 1.40 bits per heavy atom. The van der Waals surface area contributed by atoms with Crippen LogP contribution in [0.3, 0.4) is 0 Å². The van der Waals surface area contributed by atoms with Crippen molar-refractivity contribution in [3.05, 3.63) is 71.8 Å². The molecule has 1 unspecified atom stereocenters. The first kappa shape index (κ1) is 14.3. The summed E-state index contributed by atoms with van der Waals surface area (Å²) in [7, 11) is 0. The average Bonchev–Trinajstić information content (AvgIpc) is 2.49. The van der Waals surface area contributed by atoms with Crippen LogP contribution < -0.4 is 0 Å². The predicted octanol–water partition coefficient (Wildman–Crippen LogP) is 4.16. The minimum absolute atomic E-state index is 0.0629. The SMILES string of the molecule is CCC(=O)OC(C)C(c1ccccc1)c1ccccc1. The van der Waals surface area contributed by atoms with Gasteiger partial charge in [0.25, 0.3) is 0 Å². The second-order valence-electron chi connectivity index (χ2n) is 4.85. The van der Waals surface area contributed by atoms with E-state index in [-0.39, 0.29) is 18.0 Å². The van der Waals surface area contributed by atoms with Crippen LogP contribution in [-0.2, 0) is 9.53 Å². The standard InChI is InChI=1S/C18H20O2/c1-3-17(19)20-14(2)18(15-10-6-4-7-11-15)16-12-8-5-9-13-16/h4-14,18H,3H2,1-2H3. The van der Waals surface area contributed by atoms with Crippen LogP contribution in [0.4, 0.5) is 0 Å². The van der Waals surface area contributed by atoms with E-state index in [1.54, 1.807) is 0 Å². The maximum absolute atomic E-state index is 11.6. The number of esters is 1. The minimum Gasteiger partial charge on any atom is -0.462 e. The summed E-state index contributed by atoms with van der Waals surface area (Å²) in [6, 6.07) is 20.4. The monoisotopic (exact) mass is 268 g/mol. The second-order valence-corrected chi connectivity index (χ2v) is 4.85. The first-order valence-corrected chi connectivity index (χ1v) is 7.01. The predicted molar refractivity (Wildman–Crippen MR) is 80.6 cm³/mol. The third-order valence-electron chi connectivity index (χ3n) is 3.39. The Morgan fingerprint density at radius 1 is 0.950 bits per heavy atom. The number of hydrogen-bond donors (Lipinski definition) is 0. The Kier molecular flexibility index (Phi) is 4.94. The van der Waals surface area contributed by atoms with Crippen LogP contribution in [-0.4, -0.2) is 12.1 Å². The van der Waals surface area contributed by atoms with Crippen molar-refractivity contribution in [1.29, 1.82) is 0 Å². The maximum atomic E-state index is 11.6. The van der Waals surface area contributed by atoms with E-state index in [1.807, 2.05) is 50.2 Å². The van der Waals surface area contributed by atoms with Crippen LogP contribution in [0, 0.1) is 0 Å². The fraction of sp³-hybridized carbons (Fsp3) is 0.278. The molecule has 1 atom stereocenters. The van der Waals surface area contributed by atoms with Gasteiger partial charge in [-0.1, -0.05) is 67.6 Å². The molecular weight excluding hydrogens is 248 g/mol. The molecule has 2 heteroatoms. The van der Waals surface area contributed by atoms with E-state index in [1.165, 1.54) is 0 Å². The molecule has 0 spiro atoms. The summed E-state index contributed by atoms with van der Waals surface area (Å²) in [6.07, 6.45) is 0.216. The zero-order valence-electron chi connectivity index (χ0n) is 12.0. The quantitative estimate of drug-likeness (QED) is 0.761. The van der Waals surface area contributed by atoms with Gasteiger partial charge in [0.1, 0.15) is 6.10 Å². The number of ether oxygens (including phenoxy) is 1. The molecule has 0 aliphatic heterocycles. The van der Waals surface area contributed by atoms with Crippen molar-refractivity contribution in [2.24, 2.45) is 0 Å². The van der Waals surface area contributed by atoms with E-state index in [0.717, 1.165) is 11.1 Å². The summed E-state index contributed by atoms with van der Waals surface area (Å²) in [6.45, 7) is 3.77. The lowest BCUT2D eigenvalue weighted by Crippen LogP contribution is -2.23. The Hall–Kier alpha value is -2.09. The summed E-state index contributed by atoms with van der Waals surface area (Å²) in [4.78, 5) is 11.6. The minimum atomic E-state index is -0.188. The lowest BCUT2D eigenvalue weighted by Gasteiger charge is -2.25. The molecule has 0 amide bonds. The second kappa shape index (κ2) is 6.90. The van der Waals surface area contributed by atoms with Crippen LogP contribution >= 0.6 is 0 Å². The summed E-state index contributed by atoms with van der Waals surface area (Å²) in [5.74, 6) is -0.0951. The molecule has 2 rings (SSSR count). The van der Waals surface area contributed by atoms with E-state index in [4.69, 9.17) is 4.74 Å². The number of carbonyl (C=O) groups excluding carboxylic acids is 1. The van der Waals surface area contributed by atoms with Crippen LogP contribution in [0.1, 0.15) is 37.3 Å². The van der Waals surface area contributed by atoms with Gasteiger partial charge in [0.2, 0.25) is 0 Å². The highest BCUT2D eigenvalue weighted by molar-refractivity contribution is 5.69. The van der Waals surface area contributed by atoms with Gasteiger partial charge in [0.15, 0.2) is 0 Å². The highest BCUT2D eigenvalue weighted by Gasteiger charge is 2.23. The third kappa shape index (κ3) is 3.47. The smallest absolute Gasteiger partial charge is 0.305 e. The third-order valence-corrected chi connectivity index (χ3v) is 3.39. The van der Waals surface area contributed by atoms with Crippen LogP contribution in [0.2, 0.25) is 0 Å². The van der Waals surface area contributed by atoms with Gasteiger partial charge >= 0.3 is 5.97 Å². The van der Waals surface area contributed by atoms with Gasteiger partial charge in [0, 0.05) is 12.3 Å². The fourth-order valence-corrected chi connectivity index (χ4v) is 2.41. The van der Waals surface area contributed by atoms with Gasteiger partial charge in [-0.05, 0) is 18.1 Å². The molecule has 0 saturated carbocycles. The lowest BCUT2D eigenvalue weighted by atomic mass is 9.87. The Balaban J connectivity index is 2.32. The van der Waals surface area contributed by atoms with E-state index >= 15 is 0 Å². The summed E-state index contributed by atoms with van der Waals surface area (Å²) in [5.41, 5.74) is 2.32. The zero-order valence-corrected chi connectivity index (χ0v) is 12.0. The van der Waals surface area contributed by atoms with E-state index < -0.39 is 0 Å². The van der Waals surface area contributed by atoms with Crippen molar-refractivity contribution in [2.45, 2.75) is 32.3 Å². The van der Waals surface area contributed by atoms with Crippen molar-refractivity contribution in [1.82, 2.24) is 0 Å². The molecule has 2 aromatic rings. The molecule has 0 radical (unpaired) electrons. The van der Waals surface area contributed by atoms with Crippen LogP contribution in [0.5, 0.6) is 0 Å². The molecule has 104 valence electrons. The summed E-state index contributed by atoms with van der Waals surface area (Å²) < 4.78 is 5.53. The molecule has 0 aromatic heterocycles. The Labute approximate surface area is 120 Å². The topological polar surface area (TPSA) is 26.3 Å². The molecule has 0 N–H and O–H groups in total. The fourth-order valence-electron chi connectivity index (χ4n) is 2.41. The van der Waals surface area contributed by atoms with E-state index in [0.29, 0.717) is 6.42 Å². The van der Waals surface area contributed by atoms with Crippen LogP contribution in [0.25, 0.3) is 0 Å². The normalized spacial score (nSPS) is 12.2. The molecule has 2 aromatic carbocycles. The van der Waals surface area contributed by atoms with Crippen molar-refractivity contribution < 1.29 is 9.53 Å². The molecule has 0 heterocycles. The van der Waals surface area contributed by atoms with Gasteiger partial charge in [-0.25, -0.2) is 0 Å². The van der Waals surface area contributed by atoms with Crippen molar-refractivity contribution >= 4 is 5.97 Å². The van der Waals surface area contributed by atoms with E-state index in [9.17, 15) is 4.79 Å². The highest BCUT2D eigenvalue weighted by atomic mass is 16.5. The average molecular weight is 268 g/mol. The number of benzene rings is 2. The van der Waals surface area contributed by atoms with Crippen molar-refractivity contribution in [3.63, 3.8) is 0 Å².